The second-order valence-electron chi connectivity index (χ2n) is 3.69. The number of hydrogen-bond donors (Lipinski definition) is 0. The van der Waals surface area contributed by atoms with Crippen molar-refractivity contribution in [1.82, 2.24) is 5.01 Å². The first-order valence-corrected chi connectivity index (χ1v) is 7.46. The third-order valence-corrected chi connectivity index (χ3v) is 4.15. The van der Waals surface area contributed by atoms with E-state index in [2.05, 4.69) is 5.10 Å². The summed E-state index contributed by atoms with van der Waals surface area (Å²) < 4.78 is 27.3. The summed E-state index contributed by atoms with van der Waals surface area (Å²) in [6.07, 6.45) is 1.18. The van der Waals surface area contributed by atoms with Gasteiger partial charge in [0.25, 0.3) is 5.91 Å². The summed E-state index contributed by atoms with van der Waals surface area (Å²) in [4.78, 5) is 23.1. The van der Waals surface area contributed by atoms with Crippen molar-refractivity contribution in [3.05, 3.63) is 0 Å². The van der Waals surface area contributed by atoms with Gasteiger partial charge in [-0.25, -0.2) is 13.4 Å². The lowest BCUT2D eigenvalue weighted by molar-refractivity contribution is -0.150. The Morgan fingerprint density at radius 3 is 2.72 bits per heavy atom. The van der Waals surface area contributed by atoms with Crippen LogP contribution in [0.2, 0.25) is 0 Å². The molecule has 7 nitrogen and oxygen atoms in total. The topological polar surface area (TPSA) is 93.1 Å². The van der Waals surface area contributed by atoms with Gasteiger partial charge in [0.2, 0.25) is 0 Å². The molecular weight excluding hydrogens is 260 g/mol. The maximum atomic E-state index is 11.7. The van der Waals surface area contributed by atoms with Crippen LogP contribution in [0.4, 0.5) is 0 Å². The molecule has 0 aliphatic carbocycles. The zero-order valence-electron chi connectivity index (χ0n) is 10.3. The van der Waals surface area contributed by atoms with Crippen molar-refractivity contribution in [3.8, 4) is 0 Å². The molecular formula is C10H16N2O5S. The number of amides is 1. The van der Waals surface area contributed by atoms with Crippen molar-refractivity contribution >= 4 is 27.9 Å². The number of carbonyl (C=O) groups excluding carboxylic acids is 2. The van der Waals surface area contributed by atoms with Gasteiger partial charge >= 0.3 is 5.97 Å². The normalized spacial score (nSPS) is 19.3. The Hall–Kier alpha value is -1.44. The van der Waals surface area contributed by atoms with Gasteiger partial charge in [-0.05, 0) is 6.92 Å². The molecule has 1 heterocycles. The summed E-state index contributed by atoms with van der Waals surface area (Å²) in [6, 6.07) is 0. The van der Waals surface area contributed by atoms with Gasteiger partial charge in [0.15, 0.2) is 15.8 Å². The van der Waals surface area contributed by atoms with Crippen molar-refractivity contribution in [2.75, 3.05) is 24.7 Å². The molecule has 0 bridgehead atoms. The Kier molecular flexibility index (Phi) is 4.83. The molecule has 18 heavy (non-hydrogen) atoms. The Morgan fingerprint density at radius 2 is 2.17 bits per heavy atom. The van der Waals surface area contributed by atoms with Gasteiger partial charge in [0, 0.05) is 12.0 Å². The Morgan fingerprint density at radius 1 is 1.50 bits per heavy atom. The molecule has 1 aliphatic rings. The molecule has 0 N–H and O–H groups in total. The van der Waals surface area contributed by atoms with E-state index in [4.69, 9.17) is 4.74 Å². The van der Waals surface area contributed by atoms with E-state index in [1.807, 2.05) is 0 Å². The summed E-state index contributed by atoms with van der Waals surface area (Å²) in [7, 11) is -3.16. The average molecular weight is 276 g/mol. The maximum absolute atomic E-state index is 11.7. The minimum Gasteiger partial charge on any atom is -0.465 e. The second-order valence-corrected chi connectivity index (χ2v) is 6.16. The van der Waals surface area contributed by atoms with Gasteiger partial charge in [-0.2, -0.15) is 5.10 Å². The minimum absolute atomic E-state index is 0.0139. The van der Waals surface area contributed by atoms with Crippen LogP contribution in [0.3, 0.4) is 0 Å². The third-order valence-electron chi connectivity index (χ3n) is 2.47. The molecule has 0 aromatic carbocycles. The lowest BCUT2D eigenvalue weighted by Crippen LogP contribution is -2.34. The number of carbonyl (C=O) groups is 2. The highest BCUT2D eigenvalue weighted by molar-refractivity contribution is 7.91. The van der Waals surface area contributed by atoms with Crippen LogP contribution in [0, 0.1) is 5.92 Å². The van der Waals surface area contributed by atoms with Crippen LogP contribution in [0.5, 0.6) is 0 Å². The van der Waals surface area contributed by atoms with Crippen LogP contribution in [-0.4, -0.2) is 56.2 Å². The Balaban J connectivity index is 2.56. The van der Waals surface area contributed by atoms with Gasteiger partial charge in [-0.1, -0.05) is 6.92 Å². The highest BCUT2D eigenvalue weighted by Crippen LogP contribution is 2.12. The number of esters is 1. The van der Waals surface area contributed by atoms with E-state index in [9.17, 15) is 18.0 Å². The maximum Gasteiger partial charge on any atom is 0.324 e. The van der Waals surface area contributed by atoms with Crippen LogP contribution in [-0.2, 0) is 24.2 Å². The Bertz CT molecular complexity index is 457. The molecule has 1 unspecified atom stereocenters. The molecule has 0 spiro atoms. The van der Waals surface area contributed by atoms with Crippen molar-refractivity contribution in [2.45, 2.75) is 13.8 Å². The molecule has 0 saturated heterocycles. The van der Waals surface area contributed by atoms with Crippen LogP contribution in [0.25, 0.3) is 0 Å². The molecule has 102 valence electrons. The van der Waals surface area contributed by atoms with Gasteiger partial charge < -0.3 is 4.74 Å². The molecule has 0 fully saturated rings. The SMILES string of the molecule is CCOC(=O)C1C=NN(CCS(=O)(=O)CC)C1=O. The van der Waals surface area contributed by atoms with Crippen LogP contribution in [0.1, 0.15) is 13.8 Å². The zero-order valence-corrected chi connectivity index (χ0v) is 11.1. The molecule has 0 radical (unpaired) electrons. The van der Waals surface area contributed by atoms with Gasteiger partial charge in [-0.3, -0.25) is 9.59 Å². The monoisotopic (exact) mass is 276 g/mol. The number of sulfone groups is 1. The predicted octanol–water partition coefficient (Wildman–Crippen LogP) is -0.572. The Labute approximate surface area is 106 Å². The first kappa shape index (κ1) is 14.6. The fourth-order valence-electron chi connectivity index (χ4n) is 1.36. The quantitative estimate of drug-likeness (QED) is 0.478. The van der Waals surface area contributed by atoms with E-state index < -0.39 is 27.6 Å². The van der Waals surface area contributed by atoms with Crippen LogP contribution >= 0.6 is 0 Å². The standard InChI is InChI=1S/C10H16N2O5S/c1-3-17-10(14)8-7-11-12(9(8)13)5-6-18(15,16)4-2/h7-8H,3-6H2,1-2H3. The number of hydrogen-bond acceptors (Lipinski definition) is 6. The van der Waals surface area contributed by atoms with E-state index >= 15 is 0 Å². The van der Waals surface area contributed by atoms with E-state index in [1.165, 1.54) is 13.1 Å². The van der Waals surface area contributed by atoms with E-state index in [0.717, 1.165) is 5.01 Å². The predicted molar refractivity (Wildman–Crippen MR) is 64.7 cm³/mol. The molecule has 8 heteroatoms. The van der Waals surface area contributed by atoms with Gasteiger partial charge in [-0.15, -0.1) is 0 Å². The number of nitrogens with zero attached hydrogens (tertiary/aromatic N) is 2. The molecule has 0 aromatic heterocycles. The van der Waals surface area contributed by atoms with Crippen molar-refractivity contribution in [3.63, 3.8) is 0 Å². The lowest BCUT2D eigenvalue weighted by Gasteiger charge is -2.13. The van der Waals surface area contributed by atoms with Crippen LogP contribution < -0.4 is 0 Å². The molecule has 0 saturated carbocycles. The highest BCUT2D eigenvalue weighted by atomic mass is 32.2. The largest absolute Gasteiger partial charge is 0.465 e. The molecule has 1 atom stereocenters. The smallest absolute Gasteiger partial charge is 0.324 e. The number of hydrazone groups is 1. The van der Waals surface area contributed by atoms with E-state index in [-0.39, 0.29) is 24.7 Å². The summed E-state index contributed by atoms with van der Waals surface area (Å²) in [5.74, 6) is -2.40. The fraction of sp³-hybridized carbons (Fsp3) is 0.700. The molecule has 1 rings (SSSR count). The molecule has 1 amide bonds. The molecule has 1 aliphatic heterocycles. The van der Waals surface area contributed by atoms with Gasteiger partial charge in [0.05, 0.1) is 18.9 Å². The van der Waals surface area contributed by atoms with Crippen molar-refractivity contribution < 1.29 is 22.7 Å². The third kappa shape index (κ3) is 3.52. The van der Waals surface area contributed by atoms with Crippen LogP contribution in [0.15, 0.2) is 5.10 Å². The second kappa shape index (κ2) is 5.94. The zero-order chi connectivity index (χ0) is 13.8. The first-order chi connectivity index (χ1) is 8.41. The number of rotatable bonds is 6. The first-order valence-electron chi connectivity index (χ1n) is 5.63. The summed E-state index contributed by atoms with van der Waals surface area (Å²) in [5, 5.41) is 4.73. The molecule has 0 aromatic rings. The summed E-state index contributed by atoms with van der Waals surface area (Å²) in [6.45, 7) is 3.31. The summed E-state index contributed by atoms with van der Waals surface area (Å²) >= 11 is 0. The lowest BCUT2D eigenvalue weighted by atomic mass is 10.1. The average Bonchev–Trinajstić information content (AvgIpc) is 2.69. The van der Waals surface area contributed by atoms with Crippen molar-refractivity contribution in [1.29, 1.82) is 0 Å². The van der Waals surface area contributed by atoms with E-state index in [1.54, 1.807) is 6.92 Å². The highest BCUT2D eigenvalue weighted by Gasteiger charge is 2.35. The van der Waals surface area contributed by atoms with Gasteiger partial charge in [0.1, 0.15) is 0 Å². The van der Waals surface area contributed by atoms with Crippen molar-refractivity contribution in [2.24, 2.45) is 11.0 Å². The van der Waals surface area contributed by atoms with E-state index in [0.29, 0.717) is 0 Å². The minimum atomic E-state index is -3.16. The number of ether oxygens (including phenoxy) is 1. The summed E-state index contributed by atoms with van der Waals surface area (Å²) in [5.41, 5.74) is 0. The fourth-order valence-corrected chi connectivity index (χ4v) is 2.10.